The third kappa shape index (κ3) is 1.84. The molecular formula is C2H4OP+. The first-order chi connectivity index (χ1) is 1.91. The van der Waals surface area contributed by atoms with E-state index >= 15 is 0 Å². The Labute approximate surface area is 26.5 Å². The topological polar surface area (TPSA) is 17.1 Å². The van der Waals surface area contributed by atoms with Crippen LogP contribution in [0.4, 0.5) is 0 Å². The van der Waals surface area contributed by atoms with Crippen LogP contribution in [0.15, 0.2) is 12.4 Å². The van der Waals surface area contributed by atoms with Gasteiger partial charge in [-0.3, -0.25) is 0 Å². The Hall–Kier alpha value is -0.160. The van der Waals surface area contributed by atoms with E-state index in [-0.39, 0.29) is 8.46 Å². The minimum absolute atomic E-state index is 0.346. The number of hydrogen-bond acceptors (Lipinski definition) is 1. The van der Waals surface area contributed by atoms with Crippen molar-refractivity contribution < 1.29 is 4.57 Å². The Kier molecular flexibility index (Phi) is 2.73. The highest BCUT2D eigenvalue weighted by Gasteiger charge is 1.56. The highest BCUT2D eigenvalue weighted by atomic mass is 31.1. The van der Waals surface area contributed by atoms with Gasteiger partial charge in [0.2, 0.25) is 0 Å². The standard InChI is InChI=1S/C2H3OP/c1-2-4-3/h2H,1H2/p+1. The largest absolute Gasteiger partial charge is 0.354 e. The van der Waals surface area contributed by atoms with Crippen molar-refractivity contribution in [3.05, 3.63) is 12.4 Å². The van der Waals surface area contributed by atoms with Gasteiger partial charge in [-0.05, 0) is 0 Å². The molecule has 0 aromatic rings. The summed E-state index contributed by atoms with van der Waals surface area (Å²) >= 11 is 0. The maximum absolute atomic E-state index is 9.21. The molecule has 1 nitrogen and oxygen atoms in total. The Balaban J connectivity index is 2.73. The van der Waals surface area contributed by atoms with E-state index in [1.807, 2.05) is 0 Å². The van der Waals surface area contributed by atoms with Gasteiger partial charge in [-0.1, -0.05) is 11.1 Å². The predicted octanol–water partition coefficient (Wildman–Crippen LogP) is 1.15. The van der Waals surface area contributed by atoms with Crippen LogP contribution in [0.3, 0.4) is 0 Å². The van der Waals surface area contributed by atoms with Crippen LogP contribution in [0, 0.1) is 0 Å². The normalized spacial score (nSPS) is 7.00. The lowest BCUT2D eigenvalue weighted by Crippen LogP contribution is -1.02. The highest BCUT2D eigenvalue weighted by Crippen LogP contribution is 1.84. The molecule has 0 aliphatic heterocycles. The third-order valence-electron chi connectivity index (χ3n) is 0.0833. The first-order valence-electron chi connectivity index (χ1n) is 0.901. The Bertz CT molecular complexity index is 27.0. The molecule has 0 saturated carbocycles. The van der Waals surface area contributed by atoms with Gasteiger partial charge < -0.3 is 0 Å². The van der Waals surface area contributed by atoms with Crippen molar-refractivity contribution >= 4 is 8.46 Å². The molecule has 0 heterocycles. The quantitative estimate of drug-likeness (QED) is 0.427. The molecule has 1 atom stereocenters. The van der Waals surface area contributed by atoms with Gasteiger partial charge in [0.15, 0.2) is 0 Å². The predicted molar refractivity (Wildman–Crippen MR) is 19.2 cm³/mol. The fraction of sp³-hybridized carbons (Fsp3) is 0. The molecule has 0 aliphatic carbocycles. The van der Waals surface area contributed by atoms with Crippen LogP contribution in [-0.2, 0) is 4.57 Å². The molecule has 0 aliphatic rings. The fourth-order valence-electron chi connectivity index (χ4n) is 0. The Morgan fingerprint density at radius 1 is 2.00 bits per heavy atom. The molecule has 0 bridgehead atoms. The van der Waals surface area contributed by atoms with E-state index in [1.165, 1.54) is 5.82 Å². The van der Waals surface area contributed by atoms with Crippen molar-refractivity contribution in [3.63, 3.8) is 0 Å². The summed E-state index contributed by atoms with van der Waals surface area (Å²) in [6, 6.07) is 0. The Morgan fingerprint density at radius 2 is 2.25 bits per heavy atom. The van der Waals surface area contributed by atoms with Crippen LogP contribution in [0.2, 0.25) is 0 Å². The maximum Gasteiger partial charge on any atom is 0.354 e. The van der Waals surface area contributed by atoms with Crippen molar-refractivity contribution in [2.45, 2.75) is 0 Å². The second kappa shape index (κ2) is 2.84. The summed E-state index contributed by atoms with van der Waals surface area (Å²) in [5, 5.41) is 0. The zero-order valence-electron chi connectivity index (χ0n) is 2.19. The van der Waals surface area contributed by atoms with E-state index in [9.17, 15) is 4.57 Å². The average Bonchev–Trinajstić information content (AvgIpc) is 1.37. The summed E-state index contributed by atoms with van der Waals surface area (Å²) < 4.78 is 9.21. The summed E-state index contributed by atoms with van der Waals surface area (Å²) in [5.74, 6) is 1.35. The molecule has 0 N–H and O–H groups in total. The van der Waals surface area contributed by atoms with Crippen molar-refractivity contribution in [2.24, 2.45) is 0 Å². The van der Waals surface area contributed by atoms with Crippen LogP contribution in [0.5, 0.6) is 0 Å². The van der Waals surface area contributed by atoms with Gasteiger partial charge in [-0.15, -0.1) is 0 Å². The summed E-state index contributed by atoms with van der Waals surface area (Å²) in [6.07, 6.45) is 0. The molecule has 22 valence electrons. The molecule has 0 fully saturated rings. The summed E-state index contributed by atoms with van der Waals surface area (Å²) in [7, 11) is -0.346. The van der Waals surface area contributed by atoms with Crippen LogP contribution in [-0.4, -0.2) is 0 Å². The molecule has 0 saturated heterocycles. The second-order valence-electron chi connectivity index (χ2n) is 0.322. The van der Waals surface area contributed by atoms with Gasteiger partial charge in [0, 0.05) is 0 Å². The average molecular weight is 75.0 g/mol. The number of hydrogen-bond donors (Lipinski definition) is 0. The molecular weight excluding hydrogens is 71.0 g/mol. The SMILES string of the molecule is C=C[PH+]=O. The van der Waals surface area contributed by atoms with E-state index in [2.05, 4.69) is 6.58 Å². The highest BCUT2D eigenvalue weighted by molar-refractivity contribution is 7.27. The summed E-state index contributed by atoms with van der Waals surface area (Å²) in [5.41, 5.74) is 0. The van der Waals surface area contributed by atoms with E-state index in [0.717, 1.165) is 0 Å². The van der Waals surface area contributed by atoms with Gasteiger partial charge in [0.05, 0.1) is 0 Å². The lowest BCUT2D eigenvalue weighted by molar-refractivity contribution is 0.603. The zero-order chi connectivity index (χ0) is 3.41. The fourth-order valence-corrected chi connectivity index (χ4v) is 0. The second-order valence-corrected chi connectivity index (χ2v) is 0.966. The minimum Gasteiger partial charge on any atom is -0.0714 e. The molecule has 0 spiro atoms. The first-order valence-corrected chi connectivity index (χ1v) is 1.89. The van der Waals surface area contributed by atoms with Gasteiger partial charge in [0.1, 0.15) is 5.82 Å². The van der Waals surface area contributed by atoms with E-state index < -0.39 is 0 Å². The Morgan fingerprint density at radius 3 is 2.25 bits per heavy atom. The van der Waals surface area contributed by atoms with Crippen molar-refractivity contribution in [1.29, 1.82) is 0 Å². The summed E-state index contributed by atoms with van der Waals surface area (Å²) in [6.45, 7) is 3.18. The molecule has 0 radical (unpaired) electrons. The number of rotatable bonds is 1. The van der Waals surface area contributed by atoms with Crippen LogP contribution in [0.1, 0.15) is 0 Å². The molecule has 0 amide bonds. The minimum atomic E-state index is -0.346. The first kappa shape index (κ1) is 3.84. The van der Waals surface area contributed by atoms with E-state index in [0.29, 0.717) is 0 Å². The summed E-state index contributed by atoms with van der Waals surface area (Å²) in [4.78, 5) is 0. The van der Waals surface area contributed by atoms with Gasteiger partial charge >= 0.3 is 8.46 Å². The molecule has 4 heavy (non-hydrogen) atoms. The van der Waals surface area contributed by atoms with Gasteiger partial charge in [-0.25, -0.2) is 0 Å². The lowest BCUT2D eigenvalue weighted by atomic mass is 11.3. The smallest absolute Gasteiger partial charge is 0.0714 e. The van der Waals surface area contributed by atoms with E-state index in [1.54, 1.807) is 0 Å². The molecule has 0 aromatic carbocycles. The molecule has 0 aromatic heterocycles. The van der Waals surface area contributed by atoms with Crippen molar-refractivity contribution in [1.82, 2.24) is 0 Å². The van der Waals surface area contributed by atoms with E-state index in [4.69, 9.17) is 0 Å². The third-order valence-corrected chi connectivity index (χ3v) is 0.250. The molecule has 0 rings (SSSR count). The van der Waals surface area contributed by atoms with Gasteiger partial charge in [-0.2, -0.15) is 0 Å². The van der Waals surface area contributed by atoms with Gasteiger partial charge in [0.25, 0.3) is 0 Å². The lowest BCUT2D eigenvalue weighted by Gasteiger charge is -1.20. The molecule has 1 unspecified atom stereocenters. The van der Waals surface area contributed by atoms with Crippen LogP contribution < -0.4 is 0 Å². The maximum atomic E-state index is 9.21. The molecule has 2 heteroatoms. The van der Waals surface area contributed by atoms with Crippen molar-refractivity contribution in [2.75, 3.05) is 0 Å². The van der Waals surface area contributed by atoms with Crippen LogP contribution in [0.25, 0.3) is 0 Å². The zero-order valence-corrected chi connectivity index (χ0v) is 3.19. The van der Waals surface area contributed by atoms with Crippen LogP contribution >= 0.6 is 8.46 Å². The monoisotopic (exact) mass is 75.0 g/mol. The van der Waals surface area contributed by atoms with Crippen molar-refractivity contribution in [3.8, 4) is 0 Å².